The molecule has 2 aliphatic heterocycles. The van der Waals surface area contributed by atoms with Crippen LogP contribution in [0.4, 0.5) is 17.1 Å². The molecule has 1 unspecified atom stereocenters. The number of anilines is 3. The molecule has 6 nitrogen and oxygen atoms in total. The molecule has 2 aromatic rings. The minimum atomic E-state index is -0.212. The quantitative estimate of drug-likeness (QED) is 0.394. The Hall–Kier alpha value is -3.04. The molecule has 0 radical (unpaired) electrons. The highest BCUT2D eigenvalue weighted by Crippen LogP contribution is 2.37. The number of halogens is 1. The van der Waals surface area contributed by atoms with Crippen molar-refractivity contribution in [3.63, 3.8) is 0 Å². The SMILES string of the molecule is N#CC(=N)c1c(Cl)ccc(N2CCCC(c3ccc(N4CCC(C=O)CC4)cc3)C2)c1N. The third-order valence-electron chi connectivity index (χ3n) is 6.76. The zero-order valence-corrected chi connectivity index (χ0v) is 18.8. The Kier molecular flexibility index (Phi) is 6.66. The zero-order chi connectivity index (χ0) is 22.7. The van der Waals surface area contributed by atoms with Crippen LogP contribution in [0.5, 0.6) is 0 Å². The van der Waals surface area contributed by atoms with Crippen LogP contribution in [-0.4, -0.2) is 38.2 Å². The number of nitrogens with one attached hydrogen (secondary N) is 1. The van der Waals surface area contributed by atoms with Crippen LogP contribution < -0.4 is 15.5 Å². The number of nitriles is 1. The van der Waals surface area contributed by atoms with Crippen LogP contribution in [0.25, 0.3) is 0 Å². The van der Waals surface area contributed by atoms with Crippen LogP contribution in [0.15, 0.2) is 36.4 Å². The number of rotatable bonds is 5. The highest BCUT2D eigenvalue weighted by Gasteiger charge is 2.25. The van der Waals surface area contributed by atoms with Gasteiger partial charge in [-0.25, -0.2) is 0 Å². The molecule has 0 aliphatic carbocycles. The fraction of sp³-hybridized carbons (Fsp3) is 0.400. The predicted molar refractivity (Wildman–Crippen MR) is 130 cm³/mol. The second-order valence-electron chi connectivity index (χ2n) is 8.68. The first-order valence-corrected chi connectivity index (χ1v) is 11.5. The van der Waals surface area contributed by atoms with Crippen LogP contribution >= 0.6 is 11.6 Å². The number of benzene rings is 2. The van der Waals surface area contributed by atoms with Crippen molar-refractivity contribution >= 4 is 40.7 Å². The molecule has 2 saturated heterocycles. The van der Waals surface area contributed by atoms with E-state index in [1.807, 2.05) is 12.1 Å². The van der Waals surface area contributed by atoms with E-state index in [1.54, 1.807) is 6.07 Å². The minimum Gasteiger partial charge on any atom is -0.396 e. The van der Waals surface area contributed by atoms with E-state index in [0.29, 0.717) is 22.2 Å². The van der Waals surface area contributed by atoms with Crippen molar-refractivity contribution in [2.45, 2.75) is 31.6 Å². The molecule has 4 rings (SSSR count). The highest BCUT2D eigenvalue weighted by atomic mass is 35.5. The molecular weight excluding hydrogens is 422 g/mol. The van der Waals surface area contributed by atoms with E-state index < -0.39 is 0 Å². The number of piperidine rings is 2. The Morgan fingerprint density at radius 2 is 1.81 bits per heavy atom. The van der Waals surface area contributed by atoms with Gasteiger partial charge in [-0.3, -0.25) is 5.41 Å². The smallest absolute Gasteiger partial charge is 0.143 e. The number of aldehydes is 1. The summed E-state index contributed by atoms with van der Waals surface area (Å²) in [5.74, 6) is 0.587. The molecule has 0 spiro atoms. The topological polar surface area (TPSA) is 97.2 Å². The number of carbonyl (C=O) groups excluding carboxylic acids is 1. The monoisotopic (exact) mass is 449 g/mol. The molecule has 7 heteroatoms. The molecular formula is C25H28ClN5O. The molecule has 166 valence electrons. The summed E-state index contributed by atoms with van der Waals surface area (Å²) in [6, 6.07) is 14.3. The predicted octanol–water partition coefficient (Wildman–Crippen LogP) is 4.61. The lowest BCUT2D eigenvalue weighted by molar-refractivity contribution is -0.111. The van der Waals surface area contributed by atoms with Gasteiger partial charge in [-0.05, 0) is 55.5 Å². The first-order valence-electron chi connectivity index (χ1n) is 11.1. The van der Waals surface area contributed by atoms with Crippen molar-refractivity contribution in [1.29, 1.82) is 10.7 Å². The second kappa shape index (κ2) is 9.62. The molecule has 2 heterocycles. The molecule has 32 heavy (non-hydrogen) atoms. The van der Waals surface area contributed by atoms with Gasteiger partial charge < -0.3 is 20.3 Å². The van der Waals surface area contributed by atoms with Gasteiger partial charge in [-0.2, -0.15) is 5.26 Å². The number of hydrogen-bond acceptors (Lipinski definition) is 6. The van der Waals surface area contributed by atoms with E-state index in [4.69, 9.17) is 28.0 Å². The fourth-order valence-electron chi connectivity index (χ4n) is 4.89. The molecule has 0 aromatic heterocycles. The van der Waals surface area contributed by atoms with Gasteiger partial charge >= 0.3 is 0 Å². The van der Waals surface area contributed by atoms with Crippen molar-refractivity contribution in [3.8, 4) is 6.07 Å². The average Bonchev–Trinajstić information content (AvgIpc) is 2.84. The van der Waals surface area contributed by atoms with E-state index >= 15 is 0 Å². The minimum absolute atomic E-state index is 0.205. The molecule has 0 saturated carbocycles. The summed E-state index contributed by atoms with van der Waals surface area (Å²) in [5, 5.41) is 17.4. The van der Waals surface area contributed by atoms with Crippen molar-refractivity contribution in [2.24, 2.45) is 5.92 Å². The number of nitrogens with zero attached hydrogens (tertiary/aromatic N) is 3. The van der Waals surface area contributed by atoms with E-state index in [2.05, 4.69) is 34.1 Å². The van der Waals surface area contributed by atoms with E-state index in [0.717, 1.165) is 63.8 Å². The van der Waals surface area contributed by atoms with Crippen LogP contribution in [0, 0.1) is 22.7 Å². The third-order valence-corrected chi connectivity index (χ3v) is 7.07. The number of nitrogen functional groups attached to an aromatic ring is 1. The largest absolute Gasteiger partial charge is 0.396 e. The number of carbonyl (C=O) groups is 1. The summed E-state index contributed by atoms with van der Waals surface area (Å²) >= 11 is 6.22. The van der Waals surface area contributed by atoms with E-state index in [1.165, 1.54) is 11.3 Å². The van der Waals surface area contributed by atoms with E-state index in [-0.39, 0.29) is 11.6 Å². The van der Waals surface area contributed by atoms with Gasteiger partial charge in [0, 0.05) is 43.7 Å². The van der Waals surface area contributed by atoms with E-state index in [9.17, 15) is 4.79 Å². The molecule has 1 atom stereocenters. The third kappa shape index (κ3) is 4.44. The van der Waals surface area contributed by atoms with Crippen LogP contribution in [0.2, 0.25) is 5.02 Å². The Morgan fingerprint density at radius 1 is 1.09 bits per heavy atom. The average molecular weight is 450 g/mol. The first-order chi connectivity index (χ1) is 15.5. The Morgan fingerprint density at radius 3 is 2.47 bits per heavy atom. The van der Waals surface area contributed by atoms with Crippen LogP contribution in [-0.2, 0) is 4.79 Å². The van der Waals surface area contributed by atoms with Crippen molar-refractivity contribution in [1.82, 2.24) is 0 Å². The van der Waals surface area contributed by atoms with Crippen LogP contribution in [0.1, 0.15) is 42.7 Å². The molecule has 0 amide bonds. The summed E-state index contributed by atoms with van der Waals surface area (Å²) in [6.45, 7) is 3.56. The van der Waals surface area contributed by atoms with Crippen molar-refractivity contribution in [2.75, 3.05) is 41.7 Å². The zero-order valence-electron chi connectivity index (χ0n) is 18.1. The summed E-state index contributed by atoms with van der Waals surface area (Å²) in [5.41, 5.74) is 10.2. The summed E-state index contributed by atoms with van der Waals surface area (Å²) in [4.78, 5) is 15.6. The Balaban J connectivity index is 1.49. The lowest BCUT2D eigenvalue weighted by Gasteiger charge is -2.36. The van der Waals surface area contributed by atoms with Crippen LogP contribution in [0.3, 0.4) is 0 Å². The highest BCUT2D eigenvalue weighted by molar-refractivity contribution is 6.36. The van der Waals surface area contributed by atoms with Gasteiger partial charge in [0.2, 0.25) is 0 Å². The number of nitrogens with two attached hydrogens (primary N) is 1. The lowest BCUT2D eigenvalue weighted by Crippen LogP contribution is -2.35. The normalized spacial score (nSPS) is 19.4. The lowest BCUT2D eigenvalue weighted by atomic mass is 9.89. The molecule has 0 bridgehead atoms. The molecule has 2 fully saturated rings. The Bertz CT molecular complexity index is 1040. The maximum Gasteiger partial charge on any atom is 0.143 e. The van der Waals surface area contributed by atoms with Crippen molar-refractivity contribution < 1.29 is 4.79 Å². The van der Waals surface area contributed by atoms with Crippen molar-refractivity contribution in [3.05, 3.63) is 52.5 Å². The first kappa shape index (κ1) is 22.2. The molecule has 2 aromatic carbocycles. The molecule has 2 aliphatic rings. The van der Waals surface area contributed by atoms with Gasteiger partial charge in [0.1, 0.15) is 18.1 Å². The maximum atomic E-state index is 11.0. The van der Waals surface area contributed by atoms with Gasteiger partial charge in [-0.15, -0.1) is 0 Å². The summed E-state index contributed by atoms with van der Waals surface area (Å²) < 4.78 is 0. The second-order valence-corrected chi connectivity index (χ2v) is 9.09. The van der Waals surface area contributed by atoms with Gasteiger partial charge in [-0.1, -0.05) is 23.7 Å². The number of hydrogen-bond donors (Lipinski definition) is 2. The Labute approximate surface area is 194 Å². The molecule has 3 N–H and O–H groups in total. The van der Waals surface area contributed by atoms with Gasteiger partial charge in [0.25, 0.3) is 0 Å². The standard InChI is InChI=1S/C25H28ClN5O/c26-21-7-8-23(25(29)24(21)22(28)14-27)31-11-1-2-19(15-31)18-3-5-20(6-4-18)30-12-9-17(16-32)10-13-30/h3-8,16-17,19,28H,1-2,9-13,15,29H2. The summed E-state index contributed by atoms with van der Waals surface area (Å²) in [7, 11) is 0. The van der Waals surface area contributed by atoms with Gasteiger partial charge in [0.05, 0.1) is 22.0 Å². The van der Waals surface area contributed by atoms with Gasteiger partial charge in [0.15, 0.2) is 0 Å². The maximum absolute atomic E-state index is 11.0. The fourth-order valence-corrected chi connectivity index (χ4v) is 5.15. The summed E-state index contributed by atoms with van der Waals surface area (Å²) in [6.07, 6.45) is 5.09.